The molecule has 0 heterocycles. The molecule has 0 saturated carbocycles. The van der Waals surface area contributed by atoms with Crippen LogP contribution in [0.5, 0.6) is 0 Å². The monoisotopic (exact) mass is 134 g/mol. The second-order valence-electron chi connectivity index (χ2n) is 1.64. The predicted octanol–water partition coefficient (Wildman–Crippen LogP) is 1.71. The first-order valence-electron chi connectivity index (χ1n) is 3.12. The summed E-state index contributed by atoms with van der Waals surface area (Å²) in [7, 11) is 0. The molecule has 0 aromatic rings. The van der Waals surface area contributed by atoms with Crippen LogP contribution in [0.2, 0.25) is 0 Å². The van der Waals surface area contributed by atoms with Crippen LogP contribution in [0.3, 0.4) is 0 Å². The molecular weight excluding hydrogens is 124 g/mol. The van der Waals surface area contributed by atoms with Crippen LogP contribution < -0.4 is 0 Å². The van der Waals surface area contributed by atoms with E-state index in [0.29, 0.717) is 6.42 Å². The van der Waals surface area contributed by atoms with E-state index in [4.69, 9.17) is 0 Å². The van der Waals surface area contributed by atoms with Crippen LogP contribution in [0.15, 0.2) is 24.8 Å². The van der Waals surface area contributed by atoms with Gasteiger partial charge in [-0.1, -0.05) is 24.5 Å². The van der Waals surface area contributed by atoms with Crippen LogP contribution in [-0.2, 0) is 4.79 Å². The molecule has 0 saturated heterocycles. The summed E-state index contributed by atoms with van der Waals surface area (Å²) in [6.07, 6.45) is 7.37. The van der Waals surface area contributed by atoms with E-state index in [1.54, 1.807) is 6.08 Å². The molecule has 0 unspecified atom stereocenters. The van der Waals surface area contributed by atoms with Crippen molar-refractivity contribution < 1.29 is 4.79 Å². The highest BCUT2D eigenvalue weighted by atomic mass is 16.1. The fourth-order valence-corrected chi connectivity index (χ4v) is 0.414. The van der Waals surface area contributed by atoms with Crippen molar-refractivity contribution in [1.82, 2.24) is 0 Å². The van der Waals surface area contributed by atoms with E-state index < -0.39 is 0 Å². The van der Waals surface area contributed by atoms with E-state index in [2.05, 4.69) is 18.4 Å². The molecule has 0 atom stereocenters. The molecule has 0 N–H and O–H groups in total. The molecule has 52 valence electrons. The van der Waals surface area contributed by atoms with Gasteiger partial charge in [0.2, 0.25) is 0 Å². The summed E-state index contributed by atoms with van der Waals surface area (Å²) in [4.78, 5) is 9.81. The van der Waals surface area contributed by atoms with Gasteiger partial charge < -0.3 is 4.79 Å². The highest BCUT2D eigenvalue weighted by Gasteiger charge is 1.73. The zero-order valence-corrected chi connectivity index (χ0v) is 5.84. The quantitative estimate of drug-likeness (QED) is 0.326. The van der Waals surface area contributed by atoms with Gasteiger partial charge in [0.25, 0.3) is 0 Å². The average Bonchev–Trinajstić information content (AvgIpc) is 1.97. The van der Waals surface area contributed by atoms with Gasteiger partial charge in [-0.2, -0.15) is 0 Å². The van der Waals surface area contributed by atoms with Crippen LogP contribution in [0.4, 0.5) is 0 Å². The molecule has 0 radical (unpaired) electrons. The maximum atomic E-state index is 9.81. The number of carbonyl (C=O) groups is 1. The minimum absolute atomic E-state index is 0.576. The molecule has 0 aliphatic heterocycles. The lowest BCUT2D eigenvalue weighted by Crippen LogP contribution is -1.68. The SMILES string of the molecule is C=CC#CC=CCCC=O. The van der Waals surface area contributed by atoms with Gasteiger partial charge in [-0.3, -0.25) is 0 Å². The standard InChI is InChI=1S/C9H10O/c1-2-3-4-5-6-7-8-9-10/h2,5-6,9H,1,7-8H2. The largest absolute Gasteiger partial charge is 0.303 e. The summed E-state index contributed by atoms with van der Waals surface area (Å²) in [5.41, 5.74) is 0. The van der Waals surface area contributed by atoms with Crippen LogP contribution in [-0.4, -0.2) is 6.29 Å². The Labute approximate surface area is 61.4 Å². The van der Waals surface area contributed by atoms with E-state index >= 15 is 0 Å². The minimum Gasteiger partial charge on any atom is -0.303 e. The van der Waals surface area contributed by atoms with E-state index in [1.807, 2.05) is 6.08 Å². The zero-order chi connectivity index (χ0) is 7.66. The molecule has 0 spiro atoms. The van der Waals surface area contributed by atoms with Crippen molar-refractivity contribution in [3.05, 3.63) is 24.8 Å². The second kappa shape index (κ2) is 7.71. The number of unbranched alkanes of at least 4 members (excludes halogenated alkanes) is 1. The number of allylic oxidation sites excluding steroid dienone is 3. The van der Waals surface area contributed by atoms with Crippen molar-refractivity contribution in [1.29, 1.82) is 0 Å². The summed E-state index contributed by atoms with van der Waals surface area (Å²) in [5, 5.41) is 0. The van der Waals surface area contributed by atoms with Gasteiger partial charge in [-0.05, 0) is 18.6 Å². The lowest BCUT2D eigenvalue weighted by molar-refractivity contribution is -0.107. The smallest absolute Gasteiger partial charge is 0.120 e. The van der Waals surface area contributed by atoms with E-state index in [-0.39, 0.29) is 0 Å². The van der Waals surface area contributed by atoms with Gasteiger partial charge in [0.05, 0.1) is 0 Å². The fraction of sp³-hybridized carbons (Fsp3) is 0.222. The number of hydrogen-bond acceptors (Lipinski definition) is 1. The first kappa shape index (κ1) is 8.71. The Bertz CT molecular complexity index is 179. The Morgan fingerprint density at radius 2 is 2.10 bits per heavy atom. The molecule has 0 amide bonds. The van der Waals surface area contributed by atoms with Crippen LogP contribution in [0.25, 0.3) is 0 Å². The minimum atomic E-state index is 0.576. The van der Waals surface area contributed by atoms with Crippen molar-refractivity contribution >= 4 is 6.29 Å². The van der Waals surface area contributed by atoms with E-state index in [0.717, 1.165) is 12.7 Å². The summed E-state index contributed by atoms with van der Waals surface area (Å²) in [6, 6.07) is 0. The average molecular weight is 134 g/mol. The number of hydrogen-bond donors (Lipinski definition) is 0. The third kappa shape index (κ3) is 6.71. The Balaban J connectivity index is 3.36. The van der Waals surface area contributed by atoms with Gasteiger partial charge in [0, 0.05) is 6.42 Å². The normalized spacial score (nSPS) is 8.40. The Kier molecular flexibility index (Phi) is 6.72. The number of rotatable bonds is 3. The Morgan fingerprint density at radius 1 is 1.30 bits per heavy atom. The van der Waals surface area contributed by atoms with Gasteiger partial charge in [0.1, 0.15) is 6.29 Å². The van der Waals surface area contributed by atoms with Gasteiger partial charge in [0.15, 0.2) is 0 Å². The third-order valence-corrected chi connectivity index (χ3v) is 0.838. The molecule has 0 rings (SSSR count). The zero-order valence-electron chi connectivity index (χ0n) is 5.84. The fourth-order valence-electron chi connectivity index (χ4n) is 0.414. The predicted molar refractivity (Wildman–Crippen MR) is 42.4 cm³/mol. The van der Waals surface area contributed by atoms with E-state index in [9.17, 15) is 4.79 Å². The Morgan fingerprint density at radius 3 is 2.70 bits per heavy atom. The highest BCUT2D eigenvalue weighted by Crippen LogP contribution is 1.84. The molecule has 0 fully saturated rings. The Hall–Kier alpha value is -1.29. The van der Waals surface area contributed by atoms with E-state index in [1.165, 1.54) is 6.08 Å². The van der Waals surface area contributed by atoms with Gasteiger partial charge >= 0.3 is 0 Å². The van der Waals surface area contributed by atoms with Gasteiger partial charge in [-0.25, -0.2) is 0 Å². The summed E-state index contributed by atoms with van der Waals surface area (Å²) in [6.45, 7) is 3.43. The lowest BCUT2D eigenvalue weighted by atomic mass is 10.3. The first-order valence-corrected chi connectivity index (χ1v) is 3.12. The molecular formula is C9H10O. The van der Waals surface area contributed by atoms with Crippen molar-refractivity contribution in [2.75, 3.05) is 0 Å². The lowest BCUT2D eigenvalue weighted by Gasteiger charge is -1.76. The van der Waals surface area contributed by atoms with Crippen molar-refractivity contribution in [3.63, 3.8) is 0 Å². The summed E-state index contributed by atoms with van der Waals surface area (Å²) >= 11 is 0. The van der Waals surface area contributed by atoms with Crippen LogP contribution in [0.1, 0.15) is 12.8 Å². The second-order valence-corrected chi connectivity index (χ2v) is 1.64. The van der Waals surface area contributed by atoms with Crippen molar-refractivity contribution in [2.45, 2.75) is 12.8 Å². The number of aldehydes is 1. The molecule has 0 aromatic carbocycles. The third-order valence-electron chi connectivity index (χ3n) is 0.838. The van der Waals surface area contributed by atoms with Crippen molar-refractivity contribution in [3.8, 4) is 11.8 Å². The topological polar surface area (TPSA) is 17.1 Å². The van der Waals surface area contributed by atoms with Gasteiger partial charge in [-0.15, -0.1) is 0 Å². The first-order chi connectivity index (χ1) is 4.91. The van der Waals surface area contributed by atoms with Crippen LogP contribution in [0, 0.1) is 11.8 Å². The molecule has 1 nitrogen and oxygen atoms in total. The number of carbonyl (C=O) groups excluding carboxylic acids is 1. The molecule has 10 heavy (non-hydrogen) atoms. The van der Waals surface area contributed by atoms with Crippen molar-refractivity contribution in [2.24, 2.45) is 0 Å². The molecule has 0 aliphatic carbocycles. The highest BCUT2D eigenvalue weighted by molar-refractivity contribution is 5.49. The maximum Gasteiger partial charge on any atom is 0.120 e. The molecule has 0 bridgehead atoms. The van der Waals surface area contributed by atoms with Crippen LogP contribution >= 0.6 is 0 Å². The molecule has 0 aromatic heterocycles. The molecule has 0 aliphatic rings. The maximum absolute atomic E-state index is 9.81. The summed E-state index contributed by atoms with van der Waals surface area (Å²) in [5.74, 6) is 5.39. The summed E-state index contributed by atoms with van der Waals surface area (Å²) < 4.78 is 0. The molecule has 1 heteroatoms.